The predicted molar refractivity (Wildman–Crippen MR) is 87.0 cm³/mol. The lowest BCUT2D eigenvalue weighted by molar-refractivity contribution is 0.242. The van der Waals surface area contributed by atoms with Crippen LogP contribution in [0.5, 0.6) is 0 Å². The summed E-state index contributed by atoms with van der Waals surface area (Å²) in [6.07, 6.45) is 10.3. The van der Waals surface area contributed by atoms with Crippen LogP contribution >= 0.6 is 15.9 Å². The Kier molecular flexibility index (Phi) is 4.61. The molecule has 110 valence electrons. The van der Waals surface area contributed by atoms with Crippen molar-refractivity contribution in [2.75, 3.05) is 18.5 Å². The minimum absolute atomic E-state index is 0.724. The van der Waals surface area contributed by atoms with Gasteiger partial charge >= 0.3 is 0 Å². The highest BCUT2D eigenvalue weighted by molar-refractivity contribution is 9.10. The van der Waals surface area contributed by atoms with Gasteiger partial charge in [-0.25, -0.2) is 4.98 Å². The monoisotopic (exact) mass is 337 g/mol. The van der Waals surface area contributed by atoms with Gasteiger partial charge in [0.15, 0.2) is 0 Å². The van der Waals surface area contributed by atoms with Crippen LogP contribution in [0.1, 0.15) is 44.1 Å². The Morgan fingerprint density at radius 3 is 2.95 bits per heavy atom. The molecule has 1 saturated heterocycles. The molecule has 1 aliphatic heterocycles. The molecule has 4 heteroatoms. The zero-order chi connectivity index (χ0) is 13.9. The van der Waals surface area contributed by atoms with Crippen molar-refractivity contribution < 1.29 is 0 Å². The van der Waals surface area contributed by atoms with Crippen molar-refractivity contribution in [1.82, 2.24) is 10.3 Å². The van der Waals surface area contributed by atoms with Gasteiger partial charge in [0.2, 0.25) is 0 Å². The summed E-state index contributed by atoms with van der Waals surface area (Å²) in [4.78, 5) is 7.35. The molecular formula is C16H24BrN3. The highest BCUT2D eigenvalue weighted by Crippen LogP contribution is 2.38. The van der Waals surface area contributed by atoms with Crippen LogP contribution in [-0.2, 0) is 6.54 Å². The van der Waals surface area contributed by atoms with Gasteiger partial charge in [0, 0.05) is 35.4 Å². The van der Waals surface area contributed by atoms with E-state index in [-0.39, 0.29) is 0 Å². The van der Waals surface area contributed by atoms with Gasteiger partial charge in [-0.1, -0.05) is 12.8 Å². The molecule has 0 bridgehead atoms. The van der Waals surface area contributed by atoms with Crippen molar-refractivity contribution in [3.63, 3.8) is 0 Å². The predicted octanol–water partition coefficient (Wildman–Crippen LogP) is 3.72. The van der Waals surface area contributed by atoms with E-state index < -0.39 is 0 Å². The molecule has 0 spiro atoms. The first-order valence-corrected chi connectivity index (χ1v) is 8.64. The average Bonchev–Trinajstić information content (AvgIpc) is 2.47. The molecule has 1 aromatic rings. The minimum Gasteiger partial charge on any atom is -0.353 e. The fourth-order valence-corrected chi connectivity index (χ4v) is 4.32. The topological polar surface area (TPSA) is 28.2 Å². The summed E-state index contributed by atoms with van der Waals surface area (Å²) >= 11 is 3.55. The van der Waals surface area contributed by atoms with E-state index >= 15 is 0 Å². The van der Waals surface area contributed by atoms with E-state index in [0.29, 0.717) is 0 Å². The third-order valence-corrected chi connectivity index (χ3v) is 5.23. The van der Waals surface area contributed by atoms with Crippen LogP contribution < -0.4 is 10.2 Å². The van der Waals surface area contributed by atoms with Gasteiger partial charge in [0.1, 0.15) is 5.82 Å². The SMILES string of the molecule is CNCc1cc(Br)cnc1N1CCCC2CCCCC21. The number of pyridine rings is 1. The van der Waals surface area contributed by atoms with E-state index in [1.54, 1.807) is 0 Å². The average molecular weight is 338 g/mol. The normalized spacial score (nSPS) is 26.4. The molecular weight excluding hydrogens is 314 g/mol. The number of fused-ring (bicyclic) bond motifs is 1. The number of nitrogens with one attached hydrogen (secondary N) is 1. The Labute approximate surface area is 130 Å². The van der Waals surface area contributed by atoms with Crippen molar-refractivity contribution in [2.45, 2.75) is 51.1 Å². The first-order valence-electron chi connectivity index (χ1n) is 7.85. The zero-order valence-corrected chi connectivity index (χ0v) is 13.8. The number of halogens is 1. The maximum Gasteiger partial charge on any atom is 0.133 e. The molecule has 2 unspecified atom stereocenters. The van der Waals surface area contributed by atoms with Gasteiger partial charge in [-0.2, -0.15) is 0 Å². The summed E-state index contributed by atoms with van der Waals surface area (Å²) in [5.41, 5.74) is 1.31. The zero-order valence-electron chi connectivity index (χ0n) is 12.2. The Morgan fingerprint density at radius 1 is 1.30 bits per heavy atom. The molecule has 2 aliphatic rings. The summed E-state index contributed by atoms with van der Waals surface area (Å²) < 4.78 is 1.07. The summed E-state index contributed by atoms with van der Waals surface area (Å²) in [5.74, 6) is 2.10. The number of hydrogen-bond donors (Lipinski definition) is 1. The Morgan fingerprint density at radius 2 is 2.10 bits per heavy atom. The quantitative estimate of drug-likeness (QED) is 0.910. The second-order valence-electron chi connectivity index (χ2n) is 6.11. The molecule has 2 atom stereocenters. The third-order valence-electron chi connectivity index (χ3n) is 4.79. The van der Waals surface area contributed by atoms with Crippen LogP contribution in [0.2, 0.25) is 0 Å². The maximum atomic E-state index is 4.75. The van der Waals surface area contributed by atoms with Crippen LogP contribution in [0.15, 0.2) is 16.7 Å². The van der Waals surface area contributed by atoms with Crippen molar-refractivity contribution in [1.29, 1.82) is 0 Å². The van der Waals surface area contributed by atoms with Gasteiger partial charge in [0.25, 0.3) is 0 Å². The summed E-state index contributed by atoms with van der Waals surface area (Å²) in [6.45, 7) is 2.06. The van der Waals surface area contributed by atoms with Gasteiger partial charge in [0.05, 0.1) is 0 Å². The summed E-state index contributed by atoms with van der Waals surface area (Å²) in [6, 6.07) is 2.94. The molecule has 0 aromatic carbocycles. The standard InChI is InChI=1S/C16H24BrN3/c1-18-10-13-9-14(17)11-19-16(13)20-8-4-6-12-5-2-3-7-15(12)20/h9,11-12,15,18H,2-8,10H2,1H3. The fourth-order valence-electron chi connectivity index (χ4n) is 3.94. The minimum atomic E-state index is 0.724. The second kappa shape index (κ2) is 6.44. The largest absolute Gasteiger partial charge is 0.353 e. The van der Waals surface area contributed by atoms with Crippen molar-refractivity contribution in [3.05, 3.63) is 22.3 Å². The molecule has 2 fully saturated rings. The number of hydrogen-bond acceptors (Lipinski definition) is 3. The van der Waals surface area contributed by atoms with Gasteiger partial charge < -0.3 is 10.2 Å². The van der Waals surface area contributed by atoms with Crippen molar-refractivity contribution in [3.8, 4) is 0 Å². The summed E-state index contributed by atoms with van der Waals surface area (Å²) in [5, 5.41) is 3.28. The molecule has 2 heterocycles. The van der Waals surface area contributed by atoms with Crippen molar-refractivity contribution >= 4 is 21.7 Å². The lowest BCUT2D eigenvalue weighted by atomic mass is 9.78. The molecule has 3 nitrogen and oxygen atoms in total. The van der Waals surface area contributed by atoms with Crippen LogP contribution in [0, 0.1) is 5.92 Å². The summed E-state index contributed by atoms with van der Waals surface area (Å²) in [7, 11) is 2.00. The molecule has 1 saturated carbocycles. The van der Waals surface area contributed by atoms with Gasteiger partial charge in [-0.05, 0) is 60.6 Å². The molecule has 3 rings (SSSR count). The van der Waals surface area contributed by atoms with Crippen LogP contribution in [-0.4, -0.2) is 24.6 Å². The highest BCUT2D eigenvalue weighted by Gasteiger charge is 2.34. The lowest BCUT2D eigenvalue weighted by Gasteiger charge is -2.45. The van der Waals surface area contributed by atoms with Crippen LogP contribution in [0.3, 0.4) is 0 Å². The molecule has 1 N–H and O–H groups in total. The molecule has 1 aromatic heterocycles. The first kappa shape index (κ1) is 14.3. The number of nitrogens with zero attached hydrogens (tertiary/aromatic N) is 2. The van der Waals surface area contributed by atoms with Crippen LogP contribution in [0.25, 0.3) is 0 Å². The highest BCUT2D eigenvalue weighted by atomic mass is 79.9. The van der Waals surface area contributed by atoms with Gasteiger partial charge in [-0.3, -0.25) is 0 Å². The van der Waals surface area contributed by atoms with E-state index in [1.807, 2.05) is 13.2 Å². The van der Waals surface area contributed by atoms with E-state index in [4.69, 9.17) is 4.98 Å². The Bertz CT molecular complexity index is 461. The molecule has 0 amide bonds. The Balaban J connectivity index is 1.90. The number of piperidine rings is 1. The van der Waals surface area contributed by atoms with E-state index in [0.717, 1.165) is 23.0 Å². The van der Waals surface area contributed by atoms with Crippen molar-refractivity contribution in [2.24, 2.45) is 5.92 Å². The number of aromatic nitrogens is 1. The lowest BCUT2D eigenvalue weighted by Crippen LogP contribution is -2.47. The molecule has 20 heavy (non-hydrogen) atoms. The van der Waals surface area contributed by atoms with Gasteiger partial charge in [-0.15, -0.1) is 0 Å². The van der Waals surface area contributed by atoms with E-state index in [1.165, 1.54) is 56.5 Å². The number of anilines is 1. The molecule has 0 radical (unpaired) electrons. The first-order chi connectivity index (χ1) is 9.79. The second-order valence-corrected chi connectivity index (χ2v) is 7.03. The smallest absolute Gasteiger partial charge is 0.133 e. The molecule has 1 aliphatic carbocycles. The maximum absolute atomic E-state index is 4.75. The van der Waals surface area contributed by atoms with E-state index in [9.17, 15) is 0 Å². The Hall–Kier alpha value is -0.610. The fraction of sp³-hybridized carbons (Fsp3) is 0.688. The van der Waals surface area contributed by atoms with Crippen LogP contribution in [0.4, 0.5) is 5.82 Å². The third kappa shape index (κ3) is 2.86. The number of rotatable bonds is 3. The van der Waals surface area contributed by atoms with E-state index in [2.05, 4.69) is 32.2 Å².